The molecule has 2 aromatic carbocycles. The van der Waals surface area contributed by atoms with Gasteiger partial charge in [-0.2, -0.15) is 0 Å². The molecule has 7 heteroatoms. The summed E-state index contributed by atoms with van der Waals surface area (Å²) in [6.07, 6.45) is 0.710. The molecule has 1 amide bonds. The number of carbonyl (C=O) groups excluding carboxylic acids is 1. The molecule has 168 valence electrons. The van der Waals surface area contributed by atoms with Crippen LogP contribution in [0, 0.1) is 0 Å². The highest BCUT2D eigenvalue weighted by Gasteiger charge is 2.30. The highest BCUT2D eigenvalue weighted by molar-refractivity contribution is 7.09. The van der Waals surface area contributed by atoms with Crippen LogP contribution in [0.2, 0.25) is 10.0 Å². The highest BCUT2D eigenvalue weighted by atomic mass is 35.5. The molecule has 0 spiro atoms. The van der Waals surface area contributed by atoms with Crippen LogP contribution in [0.3, 0.4) is 0 Å². The molecule has 1 aliphatic heterocycles. The molecule has 3 aromatic rings. The molecule has 0 bridgehead atoms. The Bertz CT molecular complexity index is 1030. The lowest BCUT2D eigenvalue weighted by atomic mass is 10.0. The van der Waals surface area contributed by atoms with Crippen molar-refractivity contribution in [3.63, 3.8) is 0 Å². The maximum absolute atomic E-state index is 13.7. The summed E-state index contributed by atoms with van der Waals surface area (Å²) >= 11 is 13.9. The summed E-state index contributed by atoms with van der Waals surface area (Å²) in [5, 5.41) is 13.0. The second-order valence-electron chi connectivity index (χ2n) is 8.15. The van der Waals surface area contributed by atoms with Crippen molar-refractivity contribution in [1.82, 2.24) is 9.80 Å². The zero-order chi connectivity index (χ0) is 22.5. The van der Waals surface area contributed by atoms with Gasteiger partial charge in [-0.25, -0.2) is 0 Å². The van der Waals surface area contributed by atoms with E-state index in [9.17, 15) is 9.90 Å². The topological polar surface area (TPSA) is 43.8 Å². The zero-order valence-electron chi connectivity index (χ0n) is 17.7. The summed E-state index contributed by atoms with van der Waals surface area (Å²) in [7, 11) is 0. The van der Waals surface area contributed by atoms with Crippen molar-refractivity contribution in [3.05, 3.63) is 92.1 Å². The van der Waals surface area contributed by atoms with Gasteiger partial charge in [0.25, 0.3) is 0 Å². The Labute approximate surface area is 203 Å². The van der Waals surface area contributed by atoms with E-state index in [1.807, 2.05) is 40.6 Å². The fraction of sp³-hybridized carbons (Fsp3) is 0.320. The van der Waals surface area contributed by atoms with Gasteiger partial charge >= 0.3 is 0 Å². The quantitative estimate of drug-likeness (QED) is 0.459. The Morgan fingerprint density at radius 2 is 1.94 bits per heavy atom. The average molecular weight is 489 g/mol. The third-order valence-electron chi connectivity index (χ3n) is 5.81. The Balaban J connectivity index is 1.64. The standard InChI is InChI=1S/C25H26Cl2N2O2S/c26-22-9-8-18(13-23(22)27)14-25(31)29(16-21-7-4-12-32-21)24(19-5-2-1-3-6-19)17-28-11-10-20(30)15-28/h1-9,12-13,20,24,30H,10-11,14-17H2. The smallest absolute Gasteiger partial charge is 0.227 e. The second-order valence-corrected chi connectivity index (χ2v) is 10.0. The van der Waals surface area contributed by atoms with Crippen molar-refractivity contribution < 1.29 is 9.90 Å². The molecule has 2 unspecified atom stereocenters. The third kappa shape index (κ3) is 5.91. The van der Waals surface area contributed by atoms with Crippen molar-refractivity contribution in [3.8, 4) is 0 Å². The number of aliphatic hydroxyl groups is 1. The number of carbonyl (C=O) groups is 1. The van der Waals surface area contributed by atoms with Crippen molar-refractivity contribution in [2.75, 3.05) is 19.6 Å². The summed E-state index contributed by atoms with van der Waals surface area (Å²) in [6, 6.07) is 19.4. The summed E-state index contributed by atoms with van der Waals surface area (Å²) < 4.78 is 0. The number of thiophene rings is 1. The largest absolute Gasteiger partial charge is 0.392 e. The lowest BCUT2D eigenvalue weighted by Crippen LogP contribution is -2.41. The number of amides is 1. The van der Waals surface area contributed by atoms with Gasteiger partial charge in [0.05, 0.1) is 35.2 Å². The molecule has 1 N–H and O–H groups in total. The summed E-state index contributed by atoms with van der Waals surface area (Å²) in [4.78, 5) is 19.0. The van der Waals surface area contributed by atoms with E-state index in [2.05, 4.69) is 23.1 Å². The number of likely N-dealkylation sites (tertiary alicyclic amines) is 1. The molecular formula is C25H26Cl2N2O2S. The van der Waals surface area contributed by atoms with Crippen molar-refractivity contribution in [2.45, 2.75) is 31.5 Å². The molecular weight excluding hydrogens is 463 g/mol. The van der Waals surface area contributed by atoms with E-state index >= 15 is 0 Å². The molecule has 2 heterocycles. The van der Waals surface area contributed by atoms with Crippen LogP contribution in [-0.4, -0.2) is 46.6 Å². The number of rotatable bonds is 8. The molecule has 4 rings (SSSR count). The van der Waals surface area contributed by atoms with Crippen LogP contribution in [-0.2, 0) is 17.8 Å². The normalized spacial score (nSPS) is 17.4. The van der Waals surface area contributed by atoms with Crippen LogP contribution in [0.15, 0.2) is 66.0 Å². The highest BCUT2D eigenvalue weighted by Crippen LogP contribution is 2.29. The number of benzene rings is 2. The van der Waals surface area contributed by atoms with Crippen LogP contribution in [0.5, 0.6) is 0 Å². The predicted molar refractivity (Wildman–Crippen MR) is 131 cm³/mol. The fourth-order valence-corrected chi connectivity index (χ4v) is 5.17. The average Bonchev–Trinajstić information content (AvgIpc) is 3.45. The lowest BCUT2D eigenvalue weighted by Gasteiger charge is -2.35. The van der Waals surface area contributed by atoms with Gasteiger partial charge in [-0.1, -0.05) is 65.7 Å². The number of nitrogens with zero attached hydrogens (tertiary/aromatic N) is 2. The molecule has 0 saturated carbocycles. The molecule has 1 saturated heterocycles. The van der Waals surface area contributed by atoms with Crippen LogP contribution in [0.1, 0.15) is 28.5 Å². The van der Waals surface area contributed by atoms with Gasteiger partial charge in [-0.15, -0.1) is 11.3 Å². The van der Waals surface area contributed by atoms with Gasteiger partial charge < -0.3 is 10.0 Å². The molecule has 4 nitrogen and oxygen atoms in total. The SMILES string of the molecule is O=C(Cc1ccc(Cl)c(Cl)c1)N(Cc1cccs1)C(CN1CCC(O)C1)c1ccccc1. The van der Waals surface area contributed by atoms with Gasteiger partial charge in [0.15, 0.2) is 0 Å². The minimum Gasteiger partial charge on any atom is -0.392 e. The van der Waals surface area contributed by atoms with Crippen LogP contribution in [0.25, 0.3) is 0 Å². The molecule has 0 radical (unpaired) electrons. The van der Waals surface area contributed by atoms with E-state index in [4.69, 9.17) is 23.2 Å². The Kier molecular flexibility index (Phi) is 7.87. The van der Waals surface area contributed by atoms with Gasteiger partial charge in [0.2, 0.25) is 5.91 Å². The molecule has 0 aliphatic carbocycles. The summed E-state index contributed by atoms with van der Waals surface area (Å²) in [6.45, 7) is 2.68. The number of halogens is 2. The maximum Gasteiger partial charge on any atom is 0.227 e. The van der Waals surface area contributed by atoms with Gasteiger partial charge in [-0.05, 0) is 41.1 Å². The summed E-state index contributed by atoms with van der Waals surface area (Å²) in [5.74, 6) is 0.0328. The Morgan fingerprint density at radius 3 is 2.59 bits per heavy atom. The van der Waals surface area contributed by atoms with Crippen LogP contribution < -0.4 is 0 Å². The Hall–Kier alpha value is -1.89. The second kappa shape index (κ2) is 10.8. The van der Waals surface area contributed by atoms with Crippen molar-refractivity contribution in [2.24, 2.45) is 0 Å². The molecule has 1 aliphatic rings. The minimum absolute atomic E-state index is 0.0328. The molecule has 2 atom stereocenters. The van der Waals surface area contributed by atoms with Crippen molar-refractivity contribution in [1.29, 1.82) is 0 Å². The first kappa shape index (κ1) is 23.3. The van der Waals surface area contributed by atoms with E-state index in [-0.39, 0.29) is 24.5 Å². The first-order chi connectivity index (χ1) is 15.5. The van der Waals surface area contributed by atoms with Crippen LogP contribution >= 0.6 is 34.5 Å². The first-order valence-electron chi connectivity index (χ1n) is 10.7. The number of hydrogen-bond donors (Lipinski definition) is 1. The molecule has 1 aromatic heterocycles. The molecule has 1 fully saturated rings. The van der Waals surface area contributed by atoms with Gasteiger partial charge in [0, 0.05) is 24.5 Å². The predicted octanol–water partition coefficient (Wildman–Crippen LogP) is 5.43. The van der Waals surface area contributed by atoms with Gasteiger partial charge in [-0.3, -0.25) is 9.69 Å². The first-order valence-corrected chi connectivity index (χ1v) is 12.3. The lowest BCUT2D eigenvalue weighted by molar-refractivity contribution is -0.134. The minimum atomic E-state index is -0.302. The maximum atomic E-state index is 13.7. The monoisotopic (exact) mass is 488 g/mol. The van der Waals surface area contributed by atoms with Gasteiger partial charge in [0.1, 0.15) is 0 Å². The van der Waals surface area contributed by atoms with E-state index in [1.54, 1.807) is 23.5 Å². The Morgan fingerprint density at radius 1 is 1.12 bits per heavy atom. The van der Waals surface area contributed by atoms with E-state index < -0.39 is 0 Å². The summed E-state index contributed by atoms with van der Waals surface area (Å²) in [5.41, 5.74) is 1.93. The third-order valence-corrected chi connectivity index (χ3v) is 7.41. The van der Waals surface area contributed by atoms with Crippen molar-refractivity contribution >= 4 is 40.4 Å². The fourth-order valence-electron chi connectivity index (χ4n) is 4.15. The van der Waals surface area contributed by atoms with E-state index in [0.717, 1.165) is 29.0 Å². The molecule has 32 heavy (non-hydrogen) atoms. The number of hydrogen-bond acceptors (Lipinski definition) is 4. The zero-order valence-corrected chi connectivity index (χ0v) is 20.0. The number of aliphatic hydroxyl groups excluding tert-OH is 1. The number of β-amino-alcohol motifs (C(OH)–C–C–N with tert-alkyl or cyclic N) is 1. The van der Waals surface area contributed by atoms with E-state index in [0.29, 0.717) is 29.7 Å². The van der Waals surface area contributed by atoms with E-state index in [1.165, 1.54) is 0 Å². The van der Waals surface area contributed by atoms with Crippen LogP contribution in [0.4, 0.5) is 0 Å².